The summed E-state index contributed by atoms with van der Waals surface area (Å²) >= 11 is 0. The van der Waals surface area contributed by atoms with Crippen LogP contribution in [0.4, 0.5) is 8.78 Å². The van der Waals surface area contributed by atoms with Gasteiger partial charge < -0.3 is 24.8 Å². The van der Waals surface area contributed by atoms with E-state index < -0.39 is 6.61 Å². The molecule has 0 saturated carbocycles. The van der Waals surface area contributed by atoms with Crippen LogP contribution in [0.15, 0.2) is 18.2 Å². The number of ether oxygens (including phenoxy) is 3. The average molecular weight is 395 g/mol. The van der Waals surface area contributed by atoms with Crippen LogP contribution in [0.1, 0.15) is 25.3 Å². The number of hydrogen-bond acceptors (Lipinski definition) is 5. The monoisotopic (exact) mass is 394 g/mol. The smallest absolute Gasteiger partial charge is 0.387 e. The largest absolute Gasteiger partial charge is 0.493 e. The minimum Gasteiger partial charge on any atom is -0.493 e. The van der Waals surface area contributed by atoms with Crippen molar-refractivity contribution in [3.05, 3.63) is 23.8 Å². The highest BCUT2D eigenvalue weighted by Gasteiger charge is 2.17. The second-order valence-electron chi connectivity index (χ2n) is 5.70. The van der Waals surface area contributed by atoms with Gasteiger partial charge in [0.15, 0.2) is 0 Å². The first-order valence-corrected chi connectivity index (χ1v) is 8.37. The predicted molar refractivity (Wildman–Crippen MR) is 95.2 cm³/mol. The quantitative estimate of drug-likeness (QED) is 0.673. The molecule has 1 heterocycles. The second-order valence-corrected chi connectivity index (χ2v) is 5.70. The maximum atomic E-state index is 12.6. The Kier molecular flexibility index (Phi) is 10.2. The van der Waals surface area contributed by atoms with Crippen molar-refractivity contribution in [2.75, 3.05) is 26.4 Å². The molecule has 1 aromatic carbocycles. The Balaban J connectivity index is 0.00000338. The van der Waals surface area contributed by atoms with E-state index in [9.17, 15) is 13.6 Å². The molecule has 148 valence electrons. The van der Waals surface area contributed by atoms with Crippen LogP contribution >= 0.6 is 12.4 Å². The number of carbonyl (C=O) groups is 1. The average Bonchev–Trinajstić information content (AvgIpc) is 2.59. The van der Waals surface area contributed by atoms with Crippen LogP contribution in [-0.2, 0) is 16.1 Å². The van der Waals surface area contributed by atoms with Crippen molar-refractivity contribution in [1.82, 2.24) is 10.6 Å². The number of benzene rings is 1. The summed E-state index contributed by atoms with van der Waals surface area (Å²) in [5, 5.41) is 5.91. The highest BCUT2D eigenvalue weighted by Crippen LogP contribution is 2.26. The maximum Gasteiger partial charge on any atom is 0.387 e. The fourth-order valence-electron chi connectivity index (χ4n) is 2.44. The summed E-state index contributed by atoms with van der Waals surface area (Å²) < 4.78 is 40.5. The normalized spacial score (nSPS) is 16.7. The first kappa shape index (κ1) is 22.4. The lowest BCUT2D eigenvalue weighted by molar-refractivity contribution is -0.122. The Morgan fingerprint density at radius 1 is 1.46 bits per heavy atom. The molecule has 6 nitrogen and oxygen atoms in total. The summed E-state index contributed by atoms with van der Waals surface area (Å²) in [5.41, 5.74) is 0.463. The van der Waals surface area contributed by atoms with Gasteiger partial charge in [0.1, 0.15) is 11.5 Å². The first-order chi connectivity index (χ1) is 12.1. The number of halogens is 3. The van der Waals surface area contributed by atoms with Crippen molar-refractivity contribution in [2.45, 2.75) is 39.0 Å². The SMILES string of the molecule is CCCOc1ccc(CNC(=O)CC2COCCN2)c(OC(F)F)c1.Cl. The summed E-state index contributed by atoms with van der Waals surface area (Å²) in [7, 11) is 0. The van der Waals surface area contributed by atoms with Crippen molar-refractivity contribution in [1.29, 1.82) is 0 Å². The van der Waals surface area contributed by atoms with Crippen LogP contribution in [0.25, 0.3) is 0 Å². The number of morpholine rings is 1. The zero-order chi connectivity index (χ0) is 18.1. The standard InChI is InChI=1S/C17H24F2N2O4.ClH/c1-2-6-24-14-4-3-12(15(9-14)25-17(18)19)10-21-16(22)8-13-11-23-7-5-20-13;/h3-4,9,13,17,20H,2,5-8,10-11H2,1H3,(H,21,22);1H. The van der Waals surface area contributed by atoms with Gasteiger partial charge in [0.25, 0.3) is 0 Å². The molecule has 1 amide bonds. The molecular formula is C17H25ClF2N2O4. The summed E-state index contributed by atoms with van der Waals surface area (Å²) in [6, 6.07) is 4.67. The number of alkyl halides is 2. The Labute approximate surface area is 158 Å². The minimum atomic E-state index is -2.94. The Bertz CT molecular complexity index is 558. The van der Waals surface area contributed by atoms with Gasteiger partial charge >= 0.3 is 6.61 Å². The van der Waals surface area contributed by atoms with E-state index in [1.807, 2.05) is 6.92 Å². The highest BCUT2D eigenvalue weighted by atomic mass is 35.5. The van der Waals surface area contributed by atoms with Gasteiger partial charge in [-0.1, -0.05) is 6.92 Å². The molecule has 0 bridgehead atoms. The fourth-order valence-corrected chi connectivity index (χ4v) is 2.44. The van der Waals surface area contributed by atoms with Crippen LogP contribution in [0.2, 0.25) is 0 Å². The Morgan fingerprint density at radius 3 is 2.92 bits per heavy atom. The van der Waals surface area contributed by atoms with Crippen LogP contribution in [0.3, 0.4) is 0 Å². The van der Waals surface area contributed by atoms with Crippen LogP contribution in [0.5, 0.6) is 11.5 Å². The summed E-state index contributed by atoms with van der Waals surface area (Å²) in [5.74, 6) is 0.275. The van der Waals surface area contributed by atoms with Gasteiger partial charge in [0, 0.05) is 37.2 Å². The second kappa shape index (κ2) is 11.9. The predicted octanol–water partition coefficient (Wildman–Crippen LogP) is 2.49. The molecule has 1 unspecified atom stereocenters. The molecule has 0 aliphatic carbocycles. The fraction of sp³-hybridized carbons (Fsp3) is 0.588. The van der Waals surface area contributed by atoms with E-state index >= 15 is 0 Å². The molecular weight excluding hydrogens is 370 g/mol. The lowest BCUT2D eigenvalue weighted by atomic mass is 10.1. The number of rotatable bonds is 9. The van der Waals surface area contributed by atoms with E-state index in [0.29, 0.717) is 37.7 Å². The molecule has 1 saturated heterocycles. The molecule has 26 heavy (non-hydrogen) atoms. The van der Waals surface area contributed by atoms with Crippen LogP contribution < -0.4 is 20.1 Å². The van der Waals surface area contributed by atoms with E-state index in [1.165, 1.54) is 6.07 Å². The van der Waals surface area contributed by atoms with Gasteiger partial charge in [-0.25, -0.2) is 0 Å². The Hall–Kier alpha value is -1.64. The molecule has 2 rings (SSSR count). The first-order valence-electron chi connectivity index (χ1n) is 8.37. The molecule has 0 radical (unpaired) electrons. The van der Waals surface area contributed by atoms with E-state index in [1.54, 1.807) is 12.1 Å². The summed E-state index contributed by atoms with van der Waals surface area (Å²) in [6.07, 6.45) is 1.07. The van der Waals surface area contributed by atoms with Crippen molar-refractivity contribution < 1.29 is 27.8 Å². The van der Waals surface area contributed by atoms with Gasteiger partial charge in [0.05, 0.1) is 19.8 Å². The van der Waals surface area contributed by atoms with E-state index in [0.717, 1.165) is 6.42 Å². The third kappa shape index (κ3) is 7.72. The van der Waals surface area contributed by atoms with Gasteiger partial charge in [-0.15, -0.1) is 12.4 Å². The van der Waals surface area contributed by atoms with Crippen molar-refractivity contribution in [3.8, 4) is 11.5 Å². The highest BCUT2D eigenvalue weighted by molar-refractivity contribution is 5.85. The Morgan fingerprint density at radius 2 is 2.27 bits per heavy atom. The van der Waals surface area contributed by atoms with Crippen LogP contribution in [-0.4, -0.2) is 44.9 Å². The minimum absolute atomic E-state index is 0. The van der Waals surface area contributed by atoms with Crippen molar-refractivity contribution in [3.63, 3.8) is 0 Å². The van der Waals surface area contributed by atoms with Crippen molar-refractivity contribution >= 4 is 18.3 Å². The van der Waals surface area contributed by atoms with Gasteiger partial charge in [0.2, 0.25) is 5.91 Å². The van der Waals surface area contributed by atoms with Crippen molar-refractivity contribution in [2.24, 2.45) is 0 Å². The van der Waals surface area contributed by atoms with Crippen LogP contribution in [0, 0.1) is 0 Å². The molecule has 2 N–H and O–H groups in total. The molecule has 0 aromatic heterocycles. The maximum absolute atomic E-state index is 12.6. The zero-order valence-corrected chi connectivity index (χ0v) is 15.5. The lowest BCUT2D eigenvalue weighted by Crippen LogP contribution is -2.44. The van der Waals surface area contributed by atoms with E-state index in [-0.39, 0.29) is 43.1 Å². The lowest BCUT2D eigenvalue weighted by Gasteiger charge is -2.23. The van der Waals surface area contributed by atoms with E-state index in [4.69, 9.17) is 9.47 Å². The third-order valence-electron chi connectivity index (χ3n) is 3.63. The molecule has 1 aliphatic rings. The molecule has 1 atom stereocenters. The van der Waals surface area contributed by atoms with Gasteiger partial charge in [-0.05, 0) is 18.6 Å². The number of amides is 1. The molecule has 0 spiro atoms. The molecule has 1 fully saturated rings. The van der Waals surface area contributed by atoms with Gasteiger partial charge in [-0.3, -0.25) is 4.79 Å². The van der Waals surface area contributed by atoms with Gasteiger partial charge in [-0.2, -0.15) is 8.78 Å². The molecule has 9 heteroatoms. The molecule has 1 aliphatic heterocycles. The number of hydrogen-bond donors (Lipinski definition) is 2. The number of nitrogens with one attached hydrogen (secondary N) is 2. The summed E-state index contributed by atoms with van der Waals surface area (Å²) in [6.45, 7) is 1.43. The zero-order valence-electron chi connectivity index (χ0n) is 14.6. The third-order valence-corrected chi connectivity index (χ3v) is 3.63. The topological polar surface area (TPSA) is 68.8 Å². The number of carbonyl (C=O) groups excluding carboxylic acids is 1. The van der Waals surface area contributed by atoms with E-state index in [2.05, 4.69) is 15.4 Å². The summed E-state index contributed by atoms with van der Waals surface area (Å²) in [4.78, 5) is 12.0. The molecule has 1 aromatic rings.